The normalized spacial score (nSPS) is 10.7. The van der Waals surface area contributed by atoms with Crippen molar-refractivity contribution in [1.29, 1.82) is 0 Å². The summed E-state index contributed by atoms with van der Waals surface area (Å²) in [6, 6.07) is 10.3. The number of methoxy groups -OCH3 is 1. The van der Waals surface area contributed by atoms with Gasteiger partial charge in [0.2, 0.25) is 0 Å². The molecule has 1 heterocycles. The summed E-state index contributed by atoms with van der Waals surface area (Å²) in [6.45, 7) is 2.29. The number of benzene rings is 1. The summed E-state index contributed by atoms with van der Waals surface area (Å²) in [6.07, 6.45) is 0. The van der Waals surface area contributed by atoms with Crippen LogP contribution in [0.4, 0.5) is 5.69 Å². The van der Waals surface area contributed by atoms with Crippen molar-refractivity contribution in [1.82, 2.24) is 5.32 Å². The van der Waals surface area contributed by atoms with Crippen LogP contribution in [-0.4, -0.2) is 7.11 Å². The smallest absolute Gasteiger partial charge is 0.0716 e. The third-order valence-corrected chi connectivity index (χ3v) is 3.74. The first-order chi connectivity index (χ1) is 8.81. The molecule has 0 aliphatic carbocycles. The number of nitrogen functional groups attached to an aromatic ring is 1. The molecule has 4 heteroatoms. The Hall–Kier alpha value is -1.36. The first-order valence-electron chi connectivity index (χ1n) is 5.89. The van der Waals surface area contributed by atoms with Crippen LogP contribution in [0.5, 0.6) is 0 Å². The van der Waals surface area contributed by atoms with Gasteiger partial charge in [-0.05, 0) is 22.6 Å². The van der Waals surface area contributed by atoms with E-state index in [2.05, 4.69) is 23.5 Å². The van der Waals surface area contributed by atoms with Crippen LogP contribution < -0.4 is 11.1 Å². The van der Waals surface area contributed by atoms with E-state index in [9.17, 15) is 0 Å². The molecule has 0 unspecified atom stereocenters. The second-order valence-electron chi connectivity index (χ2n) is 4.10. The van der Waals surface area contributed by atoms with Crippen molar-refractivity contribution in [2.45, 2.75) is 19.7 Å². The van der Waals surface area contributed by atoms with Crippen LogP contribution in [0, 0.1) is 0 Å². The monoisotopic (exact) mass is 262 g/mol. The number of nitrogens with two attached hydrogens (primary N) is 1. The van der Waals surface area contributed by atoms with Gasteiger partial charge in [0.05, 0.1) is 6.61 Å². The van der Waals surface area contributed by atoms with E-state index in [4.69, 9.17) is 10.5 Å². The summed E-state index contributed by atoms with van der Waals surface area (Å²) in [4.78, 5) is 1.19. The quantitative estimate of drug-likeness (QED) is 0.841. The van der Waals surface area contributed by atoms with Gasteiger partial charge >= 0.3 is 0 Å². The fraction of sp³-hybridized carbons (Fsp3) is 0.286. The van der Waals surface area contributed by atoms with Gasteiger partial charge in [-0.2, -0.15) is 0 Å². The summed E-state index contributed by atoms with van der Waals surface area (Å²) in [5, 5.41) is 5.44. The SMILES string of the molecule is COCc1ccccc1CNCc1sccc1N. The Labute approximate surface area is 112 Å². The topological polar surface area (TPSA) is 47.3 Å². The number of hydrogen-bond donors (Lipinski definition) is 2. The molecule has 0 radical (unpaired) electrons. The number of thiophene rings is 1. The molecule has 0 amide bonds. The maximum atomic E-state index is 5.85. The van der Waals surface area contributed by atoms with Gasteiger partial charge in [-0.25, -0.2) is 0 Å². The molecule has 2 rings (SSSR count). The van der Waals surface area contributed by atoms with E-state index in [1.54, 1.807) is 18.4 Å². The molecule has 0 fully saturated rings. The third-order valence-electron chi connectivity index (χ3n) is 2.80. The first-order valence-corrected chi connectivity index (χ1v) is 6.77. The molecule has 0 bridgehead atoms. The Bertz CT molecular complexity index is 496. The van der Waals surface area contributed by atoms with Gasteiger partial charge in [-0.1, -0.05) is 24.3 Å². The molecule has 3 nitrogen and oxygen atoms in total. The van der Waals surface area contributed by atoms with Crippen LogP contribution in [0.2, 0.25) is 0 Å². The van der Waals surface area contributed by atoms with Crippen molar-refractivity contribution < 1.29 is 4.74 Å². The minimum atomic E-state index is 0.652. The summed E-state index contributed by atoms with van der Waals surface area (Å²) in [5.41, 5.74) is 9.22. The molecule has 96 valence electrons. The Morgan fingerprint density at radius 3 is 2.61 bits per heavy atom. The van der Waals surface area contributed by atoms with Crippen LogP contribution in [0.15, 0.2) is 35.7 Å². The lowest BCUT2D eigenvalue weighted by Crippen LogP contribution is -2.14. The van der Waals surface area contributed by atoms with Crippen LogP contribution >= 0.6 is 11.3 Å². The largest absolute Gasteiger partial charge is 0.398 e. The lowest BCUT2D eigenvalue weighted by atomic mass is 10.1. The maximum Gasteiger partial charge on any atom is 0.0716 e. The zero-order valence-corrected chi connectivity index (χ0v) is 11.3. The molecule has 1 aromatic carbocycles. The predicted molar refractivity (Wildman–Crippen MR) is 76.4 cm³/mol. The number of nitrogens with one attached hydrogen (secondary N) is 1. The second-order valence-corrected chi connectivity index (χ2v) is 5.11. The van der Waals surface area contributed by atoms with Gasteiger partial charge in [0, 0.05) is 30.8 Å². The van der Waals surface area contributed by atoms with E-state index in [-0.39, 0.29) is 0 Å². The summed E-state index contributed by atoms with van der Waals surface area (Å²) in [5.74, 6) is 0. The Morgan fingerprint density at radius 2 is 1.94 bits per heavy atom. The van der Waals surface area contributed by atoms with Gasteiger partial charge < -0.3 is 15.8 Å². The van der Waals surface area contributed by atoms with Crippen molar-refractivity contribution in [3.05, 3.63) is 51.7 Å². The van der Waals surface area contributed by atoms with Gasteiger partial charge in [0.25, 0.3) is 0 Å². The molecule has 0 aliphatic heterocycles. The number of anilines is 1. The standard InChI is InChI=1S/C14H18N2OS/c1-17-10-12-5-3-2-4-11(12)8-16-9-14-13(15)6-7-18-14/h2-7,16H,8-10,15H2,1H3. The van der Waals surface area contributed by atoms with Crippen molar-refractivity contribution in [2.24, 2.45) is 0 Å². The van der Waals surface area contributed by atoms with Crippen LogP contribution in [0.1, 0.15) is 16.0 Å². The molecule has 2 aromatic rings. The minimum absolute atomic E-state index is 0.652. The lowest BCUT2D eigenvalue weighted by Gasteiger charge is -2.09. The molecule has 3 N–H and O–H groups in total. The summed E-state index contributed by atoms with van der Waals surface area (Å²) in [7, 11) is 1.72. The zero-order valence-electron chi connectivity index (χ0n) is 10.5. The highest BCUT2D eigenvalue weighted by Gasteiger charge is 2.03. The van der Waals surface area contributed by atoms with Gasteiger partial charge in [-0.15, -0.1) is 11.3 Å². The van der Waals surface area contributed by atoms with Gasteiger partial charge in [-0.3, -0.25) is 0 Å². The number of ether oxygens (including phenoxy) is 1. The van der Waals surface area contributed by atoms with E-state index in [0.717, 1.165) is 18.8 Å². The summed E-state index contributed by atoms with van der Waals surface area (Å²) < 4.78 is 5.19. The van der Waals surface area contributed by atoms with Gasteiger partial charge in [0.15, 0.2) is 0 Å². The molecule has 18 heavy (non-hydrogen) atoms. The summed E-state index contributed by atoms with van der Waals surface area (Å²) >= 11 is 1.69. The highest BCUT2D eigenvalue weighted by Crippen LogP contribution is 2.18. The van der Waals surface area contributed by atoms with E-state index in [1.165, 1.54) is 16.0 Å². The molecule has 1 aromatic heterocycles. The predicted octanol–water partition coefficient (Wildman–Crippen LogP) is 2.77. The Kier molecular flexibility index (Phi) is 4.75. The average Bonchev–Trinajstić information content (AvgIpc) is 2.78. The van der Waals surface area contributed by atoms with E-state index >= 15 is 0 Å². The molecule has 0 saturated heterocycles. The van der Waals surface area contributed by atoms with Crippen molar-refractivity contribution in [3.8, 4) is 0 Å². The first kappa shape index (κ1) is 13.1. The maximum absolute atomic E-state index is 5.85. The number of hydrogen-bond acceptors (Lipinski definition) is 4. The van der Waals surface area contributed by atoms with Crippen molar-refractivity contribution in [2.75, 3.05) is 12.8 Å². The Balaban J connectivity index is 1.92. The van der Waals surface area contributed by atoms with Crippen LogP contribution in [0.3, 0.4) is 0 Å². The lowest BCUT2D eigenvalue weighted by molar-refractivity contribution is 0.184. The van der Waals surface area contributed by atoms with Gasteiger partial charge in [0.1, 0.15) is 0 Å². The fourth-order valence-corrected chi connectivity index (χ4v) is 2.60. The van der Waals surface area contributed by atoms with Crippen LogP contribution in [-0.2, 0) is 24.4 Å². The average molecular weight is 262 g/mol. The van der Waals surface area contributed by atoms with Crippen molar-refractivity contribution >= 4 is 17.0 Å². The van der Waals surface area contributed by atoms with E-state index in [1.807, 2.05) is 17.5 Å². The van der Waals surface area contributed by atoms with E-state index < -0.39 is 0 Å². The molecule has 0 spiro atoms. The highest BCUT2D eigenvalue weighted by atomic mass is 32.1. The Morgan fingerprint density at radius 1 is 1.17 bits per heavy atom. The molecular weight excluding hydrogens is 244 g/mol. The molecule has 0 saturated carbocycles. The fourth-order valence-electron chi connectivity index (χ4n) is 1.83. The number of rotatable bonds is 6. The zero-order chi connectivity index (χ0) is 12.8. The molecular formula is C14H18N2OS. The minimum Gasteiger partial charge on any atom is -0.398 e. The molecule has 0 aliphatic rings. The molecule has 0 atom stereocenters. The highest BCUT2D eigenvalue weighted by molar-refractivity contribution is 7.10. The third kappa shape index (κ3) is 3.32. The van der Waals surface area contributed by atoms with Crippen LogP contribution in [0.25, 0.3) is 0 Å². The van der Waals surface area contributed by atoms with E-state index in [0.29, 0.717) is 6.61 Å². The van der Waals surface area contributed by atoms with Crippen molar-refractivity contribution in [3.63, 3.8) is 0 Å². The second kappa shape index (κ2) is 6.54.